The van der Waals surface area contributed by atoms with Crippen molar-refractivity contribution >= 4 is 0 Å². The van der Waals surface area contributed by atoms with E-state index in [0.717, 1.165) is 18.7 Å². The van der Waals surface area contributed by atoms with E-state index in [2.05, 4.69) is 51.2 Å². The molecule has 156 valence electrons. The highest BCUT2D eigenvalue weighted by Gasteiger charge is 2.51. The minimum atomic E-state index is -0.162. The number of benzene rings is 2. The Bertz CT molecular complexity index is 855. The van der Waals surface area contributed by atoms with E-state index in [1.807, 2.05) is 12.1 Å². The second-order valence-electron chi connectivity index (χ2n) is 10.3. The number of rotatable bonds is 5. The summed E-state index contributed by atoms with van der Waals surface area (Å²) in [6.07, 6.45) is 6.40. The lowest BCUT2D eigenvalue weighted by molar-refractivity contribution is 0.0257. The van der Waals surface area contributed by atoms with Crippen molar-refractivity contribution in [2.24, 2.45) is 11.3 Å². The fraction of sp³-hybridized carbons (Fsp3) is 0.556. The highest BCUT2D eigenvalue weighted by Crippen LogP contribution is 2.57. The minimum Gasteiger partial charge on any atom is -0.312 e. The molecule has 0 aliphatic heterocycles. The lowest BCUT2D eigenvalue weighted by atomic mass is 9.49. The Balaban J connectivity index is 1.52. The maximum Gasteiger partial charge on any atom is 0.123 e. The summed E-state index contributed by atoms with van der Waals surface area (Å²) in [5, 5.41) is 3.71. The number of hydrogen-bond acceptors (Lipinski definition) is 1. The number of hydrogen-bond donors (Lipinski definition) is 1. The Morgan fingerprint density at radius 2 is 1.83 bits per heavy atom. The van der Waals surface area contributed by atoms with Crippen LogP contribution < -0.4 is 5.32 Å². The van der Waals surface area contributed by atoms with Crippen LogP contribution >= 0.6 is 0 Å². The van der Waals surface area contributed by atoms with Gasteiger partial charge in [0.05, 0.1) is 0 Å². The van der Waals surface area contributed by atoms with Crippen LogP contribution in [0.1, 0.15) is 81.5 Å². The van der Waals surface area contributed by atoms with E-state index < -0.39 is 0 Å². The van der Waals surface area contributed by atoms with Crippen molar-refractivity contribution in [2.75, 3.05) is 6.54 Å². The van der Waals surface area contributed by atoms with E-state index in [-0.39, 0.29) is 11.2 Å². The summed E-state index contributed by atoms with van der Waals surface area (Å²) in [6, 6.07) is 14.2. The molecular weight excluding hydrogens is 357 g/mol. The van der Waals surface area contributed by atoms with Crippen LogP contribution in [0.2, 0.25) is 0 Å². The number of nitrogens with one attached hydrogen (secondary N) is 1. The van der Waals surface area contributed by atoms with Gasteiger partial charge in [-0.15, -0.1) is 0 Å². The van der Waals surface area contributed by atoms with Crippen molar-refractivity contribution in [3.63, 3.8) is 0 Å². The van der Waals surface area contributed by atoms with Gasteiger partial charge in [-0.05, 0) is 82.7 Å². The molecular formula is C27H36FN. The summed E-state index contributed by atoms with van der Waals surface area (Å²) in [7, 11) is 0. The molecule has 0 saturated heterocycles. The predicted octanol–water partition coefficient (Wildman–Crippen LogP) is 6.75. The zero-order valence-corrected chi connectivity index (χ0v) is 18.5. The van der Waals surface area contributed by atoms with Gasteiger partial charge in [-0.1, -0.05) is 64.4 Å². The summed E-state index contributed by atoms with van der Waals surface area (Å²) >= 11 is 0. The van der Waals surface area contributed by atoms with Gasteiger partial charge in [-0.3, -0.25) is 0 Å². The van der Waals surface area contributed by atoms with Gasteiger partial charge in [-0.2, -0.15) is 0 Å². The minimum absolute atomic E-state index is 0.162. The van der Waals surface area contributed by atoms with Crippen molar-refractivity contribution < 1.29 is 4.39 Å². The summed E-state index contributed by atoms with van der Waals surface area (Å²) in [5.74, 6) is 1.14. The highest BCUT2D eigenvalue weighted by atomic mass is 19.1. The lowest BCUT2D eigenvalue weighted by Crippen LogP contribution is -2.52. The molecule has 1 saturated carbocycles. The number of fused-ring (bicyclic) bond motifs is 3. The first-order chi connectivity index (χ1) is 13.8. The Hall–Kier alpha value is -1.67. The molecule has 4 rings (SSSR count). The molecule has 0 aromatic heterocycles. The zero-order valence-electron chi connectivity index (χ0n) is 18.5. The molecule has 0 bridgehead atoms. The van der Waals surface area contributed by atoms with Gasteiger partial charge in [0.25, 0.3) is 0 Å². The molecule has 2 aromatic carbocycles. The molecule has 0 unspecified atom stereocenters. The van der Waals surface area contributed by atoms with Crippen LogP contribution in [0, 0.1) is 17.2 Å². The van der Waals surface area contributed by atoms with E-state index in [4.69, 9.17) is 0 Å². The first-order valence-electron chi connectivity index (χ1n) is 11.4. The third-order valence-corrected chi connectivity index (χ3v) is 7.94. The van der Waals surface area contributed by atoms with Gasteiger partial charge in [0, 0.05) is 13.1 Å². The van der Waals surface area contributed by atoms with E-state index in [1.54, 1.807) is 23.3 Å². The van der Waals surface area contributed by atoms with Crippen molar-refractivity contribution in [2.45, 2.75) is 77.7 Å². The number of halogens is 1. The van der Waals surface area contributed by atoms with E-state index in [9.17, 15) is 4.39 Å². The van der Waals surface area contributed by atoms with E-state index in [0.29, 0.717) is 17.3 Å². The van der Waals surface area contributed by atoms with Crippen LogP contribution in [0.3, 0.4) is 0 Å². The van der Waals surface area contributed by atoms with Crippen LogP contribution in [0.5, 0.6) is 0 Å². The summed E-state index contributed by atoms with van der Waals surface area (Å²) in [6.45, 7) is 11.5. The summed E-state index contributed by atoms with van der Waals surface area (Å²) < 4.78 is 13.2. The van der Waals surface area contributed by atoms with E-state index >= 15 is 0 Å². The van der Waals surface area contributed by atoms with Crippen molar-refractivity contribution in [3.05, 3.63) is 70.5 Å². The third kappa shape index (κ3) is 3.89. The van der Waals surface area contributed by atoms with Crippen LogP contribution in [0.4, 0.5) is 4.39 Å². The van der Waals surface area contributed by atoms with Crippen molar-refractivity contribution in [3.8, 4) is 0 Å². The molecule has 2 aliphatic carbocycles. The molecule has 2 aliphatic rings. The first-order valence-corrected chi connectivity index (χ1v) is 11.4. The third-order valence-electron chi connectivity index (χ3n) is 7.94. The molecule has 3 atom stereocenters. The van der Waals surface area contributed by atoms with Crippen LogP contribution in [0.15, 0.2) is 42.5 Å². The fourth-order valence-electron chi connectivity index (χ4n) is 6.31. The van der Waals surface area contributed by atoms with Crippen molar-refractivity contribution in [1.82, 2.24) is 5.32 Å². The van der Waals surface area contributed by atoms with Gasteiger partial charge in [-0.25, -0.2) is 4.39 Å². The zero-order chi connectivity index (χ0) is 20.6. The Labute approximate surface area is 176 Å². The molecule has 0 spiro atoms. The van der Waals surface area contributed by atoms with E-state index in [1.165, 1.54) is 37.7 Å². The van der Waals surface area contributed by atoms with Gasteiger partial charge in [0.15, 0.2) is 0 Å². The predicted molar refractivity (Wildman–Crippen MR) is 120 cm³/mol. The van der Waals surface area contributed by atoms with Crippen LogP contribution in [-0.2, 0) is 18.4 Å². The molecule has 1 N–H and O–H groups in total. The topological polar surface area (TPSA) is 12.0 Å². The first kappa shape index (κ1) is 20.6. The average molecular weight is 394 g/mol. The molecule has 0 radical (unpaired) electrons. The molecule has 2 heteroatoms. The molecule has 1 fully saturated rings. The Morgan fingerprint density at radius 3 is 2.55 bits per heavy atom. The summed E-state index contributed by atoms with van der Waals surface area (Å²) in [5.41, 5.74) is 6.44. The monoisotopic (exact) mass is 393 g/mol. The van der Waals surface area contributed by atoms with Crippen molar-refractivity contribution in [1.29, 1.82) is 0 Å². The maximum atomic E-state index is 13.2. The smallest absolute Gasteiger partial charge is 0.123 e. The van der Waals surface area contributed by atoms with Crippen LogP contribution in [-0.4, -0.2) is 6.54 Å². The maximum absolute atomic E-state index is 13.2. The molecule has 29 heavy (non-hydrogen) atoms. The molecule has 0 amide bonds. The molecule has 2 aromatic rings. The fourth-order valence-corrected chi connectivity index (χ4v) is 6.31. The lowest BCUT2D eigenvalue weighted by Gasteiger charge is -2.55. The van der Waals surface area contributed by atoms with Gasteiger partial charge in [0.2, 0.25) is 0 Å². The SMILES string of the molecule is CC(C)c1ccc2c(c1)CC[C@@H]1[C@@](C)(CNCc3ccc(F)cc3)CCC[C@]21C. The normalized spacial score (nSPS) is 28.8. The second-order valence-corrected chi connectivity index (χ2v) is 10.3. The Morgan fingerprint density at radius 1 is 1.07 bits per heavy atom. The van der Waals surface area contributed by atoms with Gasteiger partial charge >= 0.3 is 0 Å². The van der Waals surface area contributed by atoms with Gasteiger partial charge in [0.1, 0.15) is 5.82 Å². The van der Waals surface area contributed by atoms with Gasteiger partial charge < -0.3 is 5.32 Å². The highest BCUT2D eigenvalue weighted by molar-refractivity contribution is 5.42. The quantitative estimate of drug-likeness (QED) is 0.592. The Kier molecular flexibility index (Phi) is 5.59. The molecule has 1 nitrogen and oxygen atoms in total. The second kappa shape index (κ2) is 7.87. The average Bonchev–Trinajstić information content (AvgIpc) is 2.69. The summed E-state index contributed by atoms with van der Waals surface area (Å²) in [4.78, 5) is 0. The van der Waals surface area contributed by atoms with Crippen LogP contribution in [0.25, 0.3) is 0 Å². The largest absolute Gasteiger partial charge is 0.312 e. The number of aryl methyl sites for hydroxylation is 1. The standard InChI is InChI=1S/C27H36FN/c1-19(2)21-8-12-24-22(16-21)9-13-25-26(3,14-5-15-27(24,25)4)18-29-17-20-6-10-23(28)11-7-20/h6-8,10-12,16,19,25,29H,5,9,13-15,17-18H2,1-4H3/t25-,26-,27-/m1/s1. The molecule has 0 heterocycles.